The number of nitrogens with zero attached hydrogens (tertiary/aromatic N) is 1. The van der Waals surface area contributed by atoms with E-state index in [4.69, 9.17) is 5.73 Å². The average Bonchev–Trinajstić information content (AvgIpc) is 2.44. The zero-order chi connectivity index (χ0) is 14.1. The maximum absolute atomic E-state index is 12.4. The number of carbonyl (C=O) groups is 1. The van der Waals surface area contributed by atoms with Crippen LogP contribution in [0.15, 0.2) is 42.1 Å². The standard InChI is InChI=1S/C16H14N2O2/c17-15-6-1-10(9-18-15)7-12-3-2-11-8-13(19)4-5-14(11)16(12)20/h1,4-9,19H,2-3H2,(H2,17,18)/b12-7-. The van der Waals surface area contributed by atoms with E-state index < -0.39 is 0 Å². The number of aromatic nitrogens is 1. The van der Waals surface area contributed by atoms with Gasteiger partial charge in [0.1, 0.15) is 11.6 Å². The Bertz CT molecular complexity index is 703. The first-order chi connectivity index (χ1) is 9.63. The zero-order valence-electron chi connectivity index (χ0n) is 10.8. The third kappa shape index (κ3) is 2.28. The van der Waals surface area contributed by atoms with Gasteiger partial charge < -0.3 is 10.8 Å². The molecular weight excluding hydrogens is 252 g/mol. The molecule has 0 aliphatic heterocycles. The molecule has 1 aromatic heterocycles. The molecule has 100 valence electrons. The van der Waals surface area contributed by atoms with E-state index in [9.17, 15) is 9.90 Å². The maximum atomic E-state index is 12.4. The molecule has 4 nitrogen and oxygen atoms in total. The van der Waals surface area contributed by atoms with Crippen molar-refractivity contribution in [3.8, 4) is 5.75 Å². The second kappa shape index (κ2) is 4.81. The number of Topliss-reactive ketones (excluding diaryl/α,β-unsaturated/α-hetero) is 1. The Labute approximate surface area is 116 Å². The van der Waals surface area contributed by atoms with Gasteiger partial charge in [0.15, 0.2) is 5.78 Å². The van der Waals surface area contributed by atoms with E-state index >= 15 is 0 Å². The molecule has 0 atom stereocenters. The number of allylic oxidation sites excluding steroid dienone is 1. The number of carbonyl (C=O) groups excluding carboxylic acids is 1. The summed E-state index contributed by atoms with van der Waals surface area (Å²) in [5.74, 6) is 0.678. The van der Waals surface area contributed by atoms with Crippen molar-refractivity contribution in [1.29, 1.82) is 0 Å². The van der Waals surface area contributed by atoms with Crippen LogP contribution in [0.5, 0.6) is 5.75 Å². The number of rotatable bonds is 1. The molecule has 1 aliphatic rings. The zero-order valence-corrected chi connectivity index (χ0v) is 10.8. The van der Waals surface area contributed by atoms with Crippen molar-refractivity contribution in [3.63, 3.8) is 0 Å². The van der Waals surface area contributed by atoms with Crippen LogP contribution in [-0.2, 0) is 6.42 Å². The predicted octanol–water partition coefficient (Wildman–Crippen LogP) is 2.58. The average molecular weight is 266 g/mol. The molecule has 1 aromatic carbocycles. The summed E-state index contributed by atoms with van der Waals surface area (Å²) in [5.41, 5.74) is 8.74. The first-order valence-corrected chi connectivity index (χ1v) is 6.42. The molecule has 0 saturated carbocycles. The Morgan fingerprint density at radius 1 is 1.20 bits per heavy atom. The van der Waals surface area contributed by atoms with E-state index in [0.29, 0.717) is 17.8 Å². The number of benzene rings is 1. The van der Waals surface area contributed by atoms with E-state index in [2.05, 4.69) is 4.98 Å². The van der Waals surface area contributed by atoms with Gasteiger partial charge in [-0.25, -0.2) is 4.98 Å². The molecule has 0 unspecified atom stereocenters. The molecule has 0 saturated heterocycles. The molecular formula is C16H14N2O2. The largest absolute Gasteiger partial charge is 0.508 e. The normalized spacial score (nSPS) is 16.2. The van der Waals surface area contributed by atoms with E-state index in [1.54, 1.807) is 30.5 Å². The highest BCUT2D eigenvalue weighted by molar-refractivity contribution is 6.13. The van der Waals surface area contributed by atoms with Crippen LogP contribution in [0.2, 0.25) is 0 Å². The van der Waals surface area contributed by atoms with Crippen LogP contribution in [0, 0.1) is 0 Å². The monoisotopic (exact) mass is 266 g/mol. The molecule has 0 amide bonds. The fourth-order valence-electron chi connectivity index (χ4n) is 2.41. The van der Waals surface area contributed by atoms with Gasteiger partial charge in [-0.05, 0) is 60.4 Å². The summed E-state index contributed by atoms with van der Waals surface area (Å²) < 4.78 is 0. The van der Waals surface area contributed by atoms with Gasteiger partial charge in [0.25, 0.3) is 0 Å². The molecule has 4 heteroatoms. The lowest BCUT2D eigenvalue weighted by Gasteiger charge is -2.17. The topological polar surface area (TPSA) is 76.2 Å². The Morgan fingerprint density at radius 3 is 2.80 bits per heavy atom. The molecule has 0 bridgehead atoms. The fourth-order valence-corrected chi connectivity index (χ4v) is 2.41. The predicted molar refractivity (Wildman–Crippen MR) is 77.4 cm³/mol. The van der Waals surface area contributed by atoms with E-state index in [0.717, 1.165) is 23.1 Å². The number of nitrogen functional groups attached to an aromatic ring is 1. The van der Waals surface area contributed by atoms with Gasteiger partial charge in [-0.15, -0.1) is 0 Å². The number of ketones is 1. The molecule has 0 radical (unpaired) electrons. The van der Waals surface area contributed by atoms with Gasteiger partial charge >= 0.3 is 0 Å². The van der Waals surface area contributed by atoms with Crippen molar-refractivity contribution in [2.24, 2.45) is 0 Å². The van der Waals surface area contributed by atoms with Crippen molar-refractivity contribution in [1.82, 2.24) is 4.98 Å². The highest BCUT2D eigenvalue weighted by atomic mass is 16.3. The SMILES string of the molecule is Nc1ccc(/C=C2/CCc3cc(O)ccc3C2=O)cn1. The van der Waals surface area contributed by atoms with Gasteiger partial charge in [0.05, 0.1) is 0 Å². The van der Waals surface area contributed by atoms with Crippen LogP contribution in [0.3, 0.4) is 0 Å². The summed E-state index contributed by atoms with van der Waals surface area (Å²) in [7, 11) is 0. The lowest BCUT2D eigenvalue weighted by atomic mass is 9.86. The van der Waals surface area contributed by atoms with Crippen molar-refractivity contribution in [2.45, 2.75) is 12.8 Å². The number of hydrogen-bond donors (Lipinski definition) is 2. The van der Waals surface area contributed by atoms with Crippen molar-refractivity contribution >= 4 is 17.7 Å². The van der Waals surface area contributed by atoms with Crippen molar-refractivity contribution < 1.29 is 9.90 Å². The van der Waals surface area contributed by atoms with E-state index in [1.165, 1.54) is 0 Å². The van der Waals surface area contributed by atoms with Crippen molar-refractivity contribution in [2.75, 3.05) is 5.73 Å². The van der Waals surface area contributed by atoms with Gasteiger partial charge in [0.2, 0.25) is 0 Å². The number of aromatic hydroxyl groups is 1. The lowest BCUT2D eigenvalue weighted by Crippen LogP contribution is -2.13. The number of pyridine rings is 1. The molecule has 0 spiro atoms. The fraction of sp³-hybridized carbons (Fsp3) is 0.125. The second-order valence-electron chi connectivity index (χ2n) is 4.86. The van der Waals surface area contributed by atoms with Crippen molar-refractivity contribution in [3.05, 3.63) is 58.8 Å². The summed E-state index contributed by atoms with van der Waals surface area (Å²) in [6.07, 6.45) is 4.93. The molecule has 1 aliphatic carbocycles. The molecule has 2 aromatic rings. The van der Waals surface area contributed by atoms with Gasteiger partial charge in [-0.2, -0.15) is 0 Å². The third-order valence-corrected chi connectivity index (χ3v) is 3.44. The molecule has 3 rings (SSSR count). The molecule has 20 heavy (non-hydrogen) atoms. The summed E-state index contributed by atoms with van der Waals surface area (Å²) in [5, 5.41) is 9.46. The van der Waals surface area contributed by atoms with Crippen LogP contribution < -0.4 is 5.73 Å². The molecule has 3 N–H and O–H groups in total. The van der Waals surface area contributed by atoms with Crippen LogP contribution in [0.1, 0.15) is 27.9 Å². The minimum atomic E-state index is 0.0167. The summed E-state index contributed by atoms with van der Waals surface area (Å²) >= 11 is 0. The van der Waals surface area contributed by atoms with Crippen LogP contribution in [0.4, 0.5) is 5.82 Å². The Hall–Kier alpha value is -2.62. The lowest BCUT2D eigenvalue weighted by molar-refractivity contribution is 0.102. The highest BCUT2D eigenvalue weighted by Gasteiger charge is 2.21. The van der Waals surface area contributed by atoms with Gasteiger partial charge in [0, 0.05) is 17.3 Å². The van der Waals surface area contributed by atoms with Crippen LogP contribution in [-0.4, -0.2) is 15.9 Å². The maximum Gasteiger partial charge on any atom is 0.189 e. The van der Waals surface area contributed by atoms with E-state index in [1.807, 2.05) is 12.1 Å². The highest BCUT2D eigenvalue weighted by Crippen LogP contribution is 2.28. The number of nitrogens with two attached hydrogens (primary N) is 1. The Kier molecular flexibility index (Phi) is 2.99. The smallest absolute Gasteiger partial charge is 0.189 e. The third-order valence-electron chi connectivity index (χ3n) is 3.44. The molecule has 0 fully saturated rings. The van der Waals surface area contributed by atoms with Crippen LogP contribution >= 0.6 is 0 Å². The number of anilines is 1. The quantitative estimate of drug-likeness (QED) is 0.778. The van der Waals surface area contributed by atoms with Crippen LogP contribution in [0.25, 0.3) is 6.08 Å². The first-order valence-electron chi connectivity index (χ1n) is 6.42. The van der Waals surface area contributed by atoms with Gasteiger partial charge in [-0.1, -0.05) is 0 Å². The summed E-state index contributed by atoms with van der Waals surface area (Å²) in [6, 6.07) is 8.45. The first kappa shape index (κ1) is 12.4. The van der Waals surface area contributed by atoms with E-state index in [-0.39, 0.29) is 11.5 Å². The summed E-state index contributed by atoms with van der Waals surface area (Å²) in [6.45, 7) is 0. The number of phenols is 1. The second-order valence-corrected chi connectivity index (χ2v) is 4.86. The number of aryl methyl sites for hydroxylation is 1. The molecule has 1 heterocycles. The Balaban J connectivity index is 1.95. The minimum Gasteiger partial charge on any atom is -0.508 e. The summed E-state index contributed by atoms with van der Waals surface area (Å²) in [4.78, 5) is 16.4. The Morgan fingerprint density at radius 2 is 2.05 bits per heavy atom. The number of fused-ring (bicyclic) bond motifs is 1. The number of hydrogen-bond acceptors (Lipinski definition) is 4. The van der Waals surface area contributed by atoms with Gasteiger partial charge in [-0.3, -0.25) is 4.79 Å². The minimum absolute atomic E-state index is 0.0167. The number of phenolic OH excluding ortho intramolecular Hbond substituents is 1.